The summed E-state index contributed by atoms with van der Waals surface area (Å²) in [6.45, 7) is 2.00. The highest BCUT2D eigenvalue weighted by Crippen LogP contribution is 2.09. The van der Waals surface area contributed by atoms with Gasteiger partial charge < -0.3 is 5.11 Å². The molecule has 0 amide bonds. The van der Waals surface area contributed by atoms with Crippen molar-refractivity contribution < 1.29 is 9.90 Å². The smallest absolute Gasteiger partial charge is 0.338 e. The Labute approximate surface area is 86.8 Å². The van der Waals surface area contributed by atoms with Crippen LogP contribution in [0, 0.1) is 6.92 Å². The molecule has 0 unspecified atom stereocenters. The molecule has 1 aromatic carbocycles. The van der Waals surface area contributed by atoms with E-state index in [9.17, 15) is 4.79 Å². The molecule has 0 saturated carbocycles. The Morgan fingerprint density at radius 2 is 2.00 bits per heavy atom. The normalized spacial score (nSPS) is 10.2. The van der Waals surface area contributed by atoms with Crippen molar-refractivity contribution in [3.05, 3.63) is 47.8 Å². The third-order valence-corrected chi connectivity index (χ3v) is 2.13. The van der Waals surface area contributed by atoms with Crippen LogP contribution in [0.25, 0.3) is 5.69 Å². The Balaban J connectivity index is 2.37. The fraction of sp³-hybridized carbons (Fsp3) is 0.0909. The summed E-state index contributed by atoms with van der Waals surface area (Å²) in [7, 11) is 0. The monoisotopic (exact) mass is 202 g/mol. The molecule has 0 saturated heterocycles. The van der Waals surface area contributed by atoms with Gasteiger partial charge in [-0.25, -0.2) is 9.48 Å². The number of carbonyl (C=O) groups is 1. The van der Waals surface area contributed by atoms with E-state index in [1.807, 2.05) is 31.2 Å². The molecule has 1 heterocycles. The summed E-state index contributed by atoms with van der Waals surface area (Å²) in [5.74, 6) is -0.964. The average molecular weight is 202 g/mol. The zero-order valence-electron chi connectivity index (χ0n) is 8.21. The summed E-state index contributed by atoms with van der Waals surface area (Å²) >= 11 is 0. The minimum atomic E-state index is -0.964. The van der Waals surface area contributed by atoms with Crippen molar-refractivity contribution in [1.29, 1.82) is 0 Å². The lowest BCUT2D eigenvalue weighted by molar-refractivity contribution is 0.0697. The summed E-state index contributed by atoms with van der Waals surface area (Å²) in [6.07, 6.45) is 2.83. The van der Waals surface area contributed by atoms with Crippen LogP contribution < -0.4 is 0 Å². The molecule has 0 aliphatic rings. The predicted molar refractivity (Wildman–Crippen MR) is 55.3 cm³/mol. The number of hydrogen-bond acceptors (Lipinski definition) is 2. The molecule has 1 aromatic heterocycles. The standard InChI is InChI=1S/C11H10N2O2/c1-8-2-4-10(5-3-8)13-7-9(6-12-13)11(14)15/h2-7H,1H3,(H,14,15). The third-order valence-electron chi connectivity index (χ3n) is 2.13. The molecular formula is C11H10N2O2. The van der Waals surface area contributed by atoms with Crippen LogP contribution in [0.4, 0.5) is 0 Å². The van der Waals surface area contributed by atoms with E-state index >= 15 is 0 Å². The SMILES string of the molecule is Cc1ccc(-n2cc(C(=O)O)cn2)cc1. The number of aromatic carboxylic acids is 1. The fourth-order valence-corrected chi connectivity index (χ4v) is 1.27. The Morgan fingerprint density at radius 3 is 2.53 bits per heavy atom. The van der Waals surface area contributed by atoms with Gasteiger partial charge in [-0.05, 0) is 19.1 Å². The second kappa shape index (κ2) is 3.57. The lowest BCUT2D eigenvalue weighted by Gasteiger charge is -2.00. The molecule has 0 bridgehead atoms. The molecular weight excluding hydrogens is 192 g/mol. The van der Waals surface area contributed by atoms with Gasteiger partial charge in [0, 0.05) is 6.20 Å². The van der Waals surface area contributed by atoms with Gasteiger partial charge in [0.25, 0.3) is 0 Å². The molecule has 4 nitrogen and oxygen atoms in total. The average Bonchev–Trinajstić information content (AvgIpc) is 2.68. The van der Waals surface area contributed by atoms with Gasteiger partial charge in [0.05, 0.1) is 17.4 Å². The van der Waals surface area contributed by atoms with Crippen LogP contribution >= 0.6 is 0 Å². The predicted octanol–water partition coefficient (Wildman–Crippen LogP) is 1.88. The molecule has 0 atom stereocenters. The number of rotatable bonds is 2. The van der Waals surface area contributed by atoms with Crippen LogP contribution in [0.1, 0.15) is 15.9 Å². The maximum absolute atomic E-state index is 10.6. The van der Waals surface area contributed by atoms with Gasteiger partial charge in [0.2, 0.25) is 0 Å². The first kappa shape index (κ1) is 9.45. The van der Waals surface area contributed by atoms with Gasteiger partial charge in [0.1, 0.15) is 0 Å². The van der Waals surface area contributed by atoms with Crippen molar-refractivity contribution in [3.63, 3.8) is 0 Å². The molecule has 0 fully saturated rings. The number of carboxylic acids is 1. The lowest BCUT2D eigenvalue weighted by atomic mass is 10.2. The van der Waals surface area contributed by atoms with E-state index in [1.165, 1.54) is 12.4 Å². The second-order valence-electron chi connectivity index (χ2n) is 3.31. The molecule has 0 radical (unpaired) electrons. The first-order valence-corrected chi connectivity index (χ1v) is 4.52. The minimum Gasteiger partial charge on any atom is -0.478 e. The van der Waals surface area contributed by atoms with Crippen molar-refractivity contribution >= 4 is 5.97 Å². The molecule has 76 valence electrons. The quantitative estimate of drug-likeness (QED) is 0.808. The first-order valence-electron chi connectivity index (χ1n) is 4.52. The van der Waals surface area contributed by atoms with Crippen molar-refractivity contribution in [2.75, 3.05) is 0 Å². The van der Waals surface area contributed by atoms with Crippen LogP contribution in [-0.2, 0) is 0 Å². The Kier molecular flexibility index (Phi) is 2.25. The van der Waals surface area contributed by atoms with Gasteiger partial charge in [-0.2, -0.15) is 5.10 Å². The molecule has 15 heavy (non-hydrogen) atoms. The third kappa shape index (κ3) is 1.88. The highest BCUT2D eigenvalue weighted by molar-refractivity contribution is 5.86. The number of aromatic nitrogens is 2. The number of aryl methyl sites for hydroxylation is 1. The lowest BCUT2D eigenvalue weighted by Crippen LogP contribution is -1.95. The molecule has 1 N–H and O–H groups in total. The largest absolute Gasteiger partial charge is 0.478 e. The van der Waals surface area contributed by atoms with E-state index in [4.69, 9.17) is 5.11 Å². The van der Waals surface area contributed by atoms with E-state index in [1.54, 1.807) is 4.68 Å². The van der Waals surface area contributed by atoms with Gasteiger partial charge in [-0.1, -0.05) is 17.7 Å². The minimum absolute atomic E-state index is 0.190. The Bertz CT molecular complexity index is 486. The summed E-state index contributed by atoms with van der Waals surface area (Å²) < 4.78 is 1.54. The van der Waals surface area contributed by atoms with Gasteiger partial charge in [-0.15, -0.1) is 0 Å². The number of nitrogens with zero attached hydrogens (tertiary/aromatic N) is 2. The Morgan fingerprint density at radius 1 is 1.33 bits per heavy atom. The topological polar surface area (TPSA) is 55.1 Å². The number of benzene rings is 1. The number of carboxylic acid groups (broad SMARTS) is 1. The van der Waals surface area contributed by atoms with E-state index in [-0.39, 0.29) is 5.56 Å². The van der Waals surface area contributed by atoms with E-state index in [0.29, 0.717) is 0 Å². The highest BCUT2D eigenvalue weighted by atomic mass is 16.4. The fourth-order valence-electron chi connectivity index (χ4n) is 1.27. The van der Waals surface area contributed by atoms with E-state index < -0.39 is 5.97 Å². The van der Waals surface area contributed by atoms with Crippen LogP contribution in [0.2, 0.25) is 0 Å². The van der Waals surface area contributed by atoms with Crippen molar-refractivity contribution in [1.82, 2.24) is 9.78 Å². The van der Waals surface area contributed by atoms with Crippen LogP contribution in [0.5, 0.6) is 0 Å². The van der Waals surface area contributed by atoms with Crippen LogP contribution in [-0.4, -0.2) is 20.9 Å². The molecule has 0 spiro atoms. The first-order chi connectivity index (χ1) is 7.16. The molecule has 2 aromatic rings. The molecule has 0 aliphatic carbocycles. The maximum Gasteiger partial charge on any atom is 0.338 e. The molecule has 0 aliphatic heterocycles. The summed E-state index contributed by atoms with van der Waals surface area (Å²) in [6, 6.07) is 7.71. The van der Waals surface area contributed by atoms with E-state index in [0.717, 1.165) is 11.3 Å². The zero-order chi connectivity index (χ0) is 10.8. The van der Waals surface area contributed by atoms with Crippen LogP contribution in [0.3, 0.4) is 0 Å². The summed E-state index contributed by atoms with van der Waals surface area (Å²) in [4.78, 5) is 10.6. The molecule has 4 heteroatoms. The summed E-state index contributed by atoms with van der Waals surface area (Å²) in [5.41, 5.74) is 2.20. The highest BCUT2D eigenvalue weighted by Gasteiger charge is 2.06. The molecule has 2 rings (SSSR count). The van der Waals surface area contributed by atoms with Gasteiger partial charge in [-0.3, -0.25) is 0 Å². The number of hydrogen-bond donors (Lipinski definition) is 1. The van der Waals surface area contributed by atoms with E-state index in [2.05, 4.69) is 5.10 Å². The summed E-state index contributed by atoms with van der Waals surface area (Å²) in [5, 5.41) is 12.7. The second-order valence-corrected chi connectivity index (χ2v) is 3.31. The zero-order valence-corrected chi connectivity index (χ0v) is 8.21. The van der Waals surface area contributed by atoms with Gasteiger partial charge in [0.15, 0.2) is 0 Å². The Hall–Kier alpha value is -2.10. The van der Waals surface area contributed by atoms with Gasteiger partial charge >= 0.3 is 5.97 Å². The maximum atomic E-state index is 10.6. The van der Waals surface area contributed by atoms with Crippen molar-refractivity contribution in [3.8, 4) is 5.69 Å². The van der Waals surface area contributed by atoms with Crippen LogP contribution in [0.15, 0.2) is 36.7 Å². The van der Waals surface area contributed by atoms with Crippen molar-refractivity contribution in [2.24, 2.45) is 0 Å². The van der Waals surface area contributed by atoms with Crippen molar-refractivity contribution in [2.45, 2.75) is 6.92 Å².